The van der Waals surface area contributed by atoms with Gasteiger partial charge in [-0.3, -0.25) is 14.9 Å². The van der Waals surface area contributed by atoms with Crippen LogP contribution in [-0.2, 0) is 4.79 Å². The second-order valence-corrected chi connectivity index (χ2v) is 3.93. The van der Waals surface area contributed by atoms with Crippen LogP contribution in [0, 0.1) is 16.0 Å². The van der Waals surface area contributed by atoms with E-state index in [2.05, 4.69) is 10.3 Å². The number of hydrogen-bond donors (Lipinski definition) is 2. The van der Waals surface area contributed by atoms with E-state index in [0.29, 0.717) is 5.82 Å². The smallest absolute Gasteiger partial charge is 0.287 e. The van der Waals surface area contributed by atoms with Crippen LogP contribution >= 0.6 is 0 Å². The first-order valence-electron chi connectivity index (χ1n) is 5.08. The number of nitro groups is 1. The molecule has 17 heavy (non-hydrogen) atoms. The molecule has 1 atom stereocenters. The quantitative estimate of drug-likeness (QED) is 0.585. The van der Waals surface area contributed by atoms with Crippen LogP contribution in [0.3, 0.4) is 0 Å². The van der Waals surface area contributed by atoms with E-state index in [1.54, 1.807) is 0 Å². The number of amides is 1. The van der Waals surface area contributed by atoms with E-state index < -0.39 is 16.9 Å². The number of aromatic nitrogens is 1. The molecule has 7 nitrogen and oxygen atoms in total. The number of carbonyl (C=O) groups excluding carboxylic acids is 1. The lowest BCUT2D eigenvalue weighted by Crippen LogP contribution is -2.39. The Morgan fingerprint density at radius 1 is 1.53 bits per heavy atom. The first-order chi connectivity index (χ1) is 7.91. The van der Waals surface area contributed by atoms with E-state index in [1.807, 2.05) is 13.8 Å². The number of hydrogen-bond acceptors (Lipinski definition) is 5. The normalized spacial score (nSPS) is 12.2. The van der Waals surface area contributed by atoms with Crippen molar-refractivity contribution in [1.82, 2.24) is 4.98 Å². The molecule has 3 N–H and O–H groups in total. The van der Waals surface area contributed by atoms with Crippen molar-refractivity contribution in [2.24, 2.45) is 11.7 Å². The summed E-state index contributed by atoms with van der Waals surface area (Å²) in [7, 11) is 0. The Labute approximate surface area is 98.2 Å². The van der Waals surface area contributed by atoms with Gasteiger partial charge < -0.3 is 11.1 Å². The van der Waals surface area contributed by atoms with Crippen LogP contribution < -0.4 is 11.1 Å². The molecule has 0 saturated heterocycles. The molecule has 1 amide bonds. The Morgan fingerprint density at radius 2 is 2.18 bits per heavy atom. The molecule has 0 aliphatic heterocycles. The number of nitrogens with one attached hydrogen (secondary N) is 1. The third-order valence-electron chi connectivity index (χ3n) is 2.24. The lowest BCUT2D eigenvalue weighted by Gasteiger charge is -2.19. The number of nitrogens with two attached hydrogens (primary N) is 1. The number of carbonyl (C=O) groups is 1. The maximum Gasteiger partial charge on any atom is 0.287 e. The van der Waals surface area contributed by atoms with Crippen molar-refractivity contribution in [2.75, 3.05) is 5.32 Å². The van der Waals surface area contributed by atoms with Crippen LogP contribution in [-0.4, -0.2) is 21.9 Å². The van der Waals surface area contributed by atoms with Crippen LogP contribution in [0.1, 0.15) is 13.8 Å². The molecule has 0 bridgehead atoms. The summed E-state index contributed by atoms with van der Waals surface area (Å²) in [6.45, 7) is 3.68. The van der Waals surface area contributed by atoms with Gasteiger partial charge in [0.25, 0.3) is 5.69 Å². The van der Waals surface area contributed by atoms with Crippen molar-refractivity contribution >= 4 is 17.4 Å². The zero-order valence-electron chi connectivity index (χ0n) is 9.58. The molecule has 92 valence electrons. The standard InChI is InChI=1S/C10H14N4O3/c1-6(2)9(10(11)15)13-8-4-3-7(5-12-8)14(16)17/h3-6,9H,1-2H3,(H2,11,15)(H,12,13)/t9-/m1/s1. The van der Waals surface area contributed by atoms with Crippen molar-refractivity contribution in [1.29, 1.82) is 0 Å². The summed E-state index contributed by atoms with van der Waals surface area (Å²) in [4.78, 5) is 24.9. The average molecular weight is 238 g/mol. The minimum absolute atomic E-state index is 0.00416. The van der Waals surface area contributed by atoms with Crippen molar-refractivity contribution in [3.8, 4) is 0 Å². The number of nitrogens with zero attached hydrogens (tertiary/aromatic N) is 2. The van der Waals surface area contributed by atoms with Gasteiger partial charge in [-0.1, -0.05) is 13.8 Å². The summed E-state index contributed by atoms with van der Waals surface area (Å²) in [6.07, 6.45) is 1.13. The summed E-state index contributed by atoms with van der Waals surface area (Å²) >= 11 is 0. The van der Waals surface area contributed by atoms with Gasteiger partial charge in [0.15, 0.2) is 0 Å². The lowest BCUT2D eigenvalue weighted by atomic mass is 10.0. The third-order valence-corrected chi connectivity index (χ3v) is 2.24. The number of primary amides is 1. The summed E-state index contributed by atoms with van der Waals surface area (Å²) in [5, 5.41) is 13.3. The van der Waals surface area contributed by atoms with Crippen molar-refractivity contribution in [3.63, 3.8) is 0 Å². The second-order valence-electron chi connectivity index (χ2n) is 3.93. The van der Waals surface area contributed by atoms with Gasteiger partial charge in [0, 0.05) is 6.07 Å². The third kappa shape index (κ3) is 3.40. The molecule has 0 radical (unpaired) electrons. The zero-order chi connectivity index (χ0) is 13.0. The van der Waals surface area contributed by atoms with Gasteiger partial charge in [-0.25, -0.2) is 4.98 Å². The fraction of sp³-hybridized carbons (Fsp3) is 0.400. The Balaban J connectivity index is 2.80. The van der Waals surface area contributed by atoms with Gasteiger partial charge in [0.2, 0.25) is 5.91 Å². The molecule has 1 heterocycles. The molecular weight excluding hydrogens is 224 g/mol. The maximum absolute atomic E-state index is 11.1. The highest BCUT2D eigenvalue weighted by molar-refractivity contribution is 5.82. The second kappa shape index (κ2) is 5.24. The van der Waals surface area contributed by atoms with Crippen molar-refractivity contribution < 1.29 is 9.72 Å². The molecule has 7 heteroatoms. The molecule has 0 fully saturated rings. The Bertz CT molecular complexity index is 416. The fourth-order valence-electron chi connectivity index (χ4n) is 1.31. The van der Waals surface area contributed by atoms with E-state index in [1.165, 1.54) is 12.1 Å². The van der Waals surface area contributed by atoms with E-state index in [-0.39, 0.29) is 11.6 Å². The van der Waals surface area contributed by atoms with Crippen LogP contribution in [0.25, 0.3) is 0 Å². The first kappa shape index (κ1) is 12.9. The van der Waals surface area contributed by atoms with Crippen molar-refractivity contribution in [2.45, 2.75) is 19.9 Å². The number of anilines is 1. The molecule has 0 saturated carbocycles. The largest absolute Gasteiger partial charge is 0.368 e. The van der Waals surface area contributed by atoms with E-state index in [9.17, 15) is 14.9 Å². The summed E-state index contributed by atoms with van der Waals surface area (Å²) in [5.41, 5.74) is 5.12. The van der Waals surface area contributed by atoms with E-state index >= 15 is 0 Å². The zero-order valence-corrected chi connectivity index (χ0v) is 9.58. The Hall–Kier alpha value is -2.18. The topological polar surface area (TPSA) is 111 Å². The van der Waals surface area contributed by atoms with Crippen LogP contribution in [0.4, 0.5) is 11.5 Å². The molecule has 0 aliphatic rings. The van der Waals surface area contributed by atoms with Gasteiger partial charge in [0.05, 0.1) is 4.92 Å². The molecular formula is C10H14N4O3. The SMILES string of the molecule is CC(C)[C@@H](Nc1ccc([N+](=O)[O-])cn1)C(N)=O. The van der Waals surface area contributed by atoms with Gasteiger partial charge in [0.1, 0.15) is 18.1 Å². The molecule has 0 aromatic carbocycles. The highest BCUT2D eigenvalue weighted by atomic mass is 16.6. The maximum atomic E-state index is 11.1. The van der Waals surface area contributed by atoms with E-state index in [4.69, 9.17) is 5.73 Å². The fourth-order valence-corrected chi connectivity index (χ4v) is 1.31. The monoisotopic (exact) mass is 238 g/mol. The van der Waals surface area contributed by atoms with Gasteiger partial charge in [-0.15, -0.1) is 0 Å². The highest BCUT2D eigenvalue weighted by Crippen LogP contribution is 2.14. The van der Waals surface area contributed by atoms with Crippen LogP contribution in [0.15, 0.2) is 18.3 Å². The number of rotatable bonds is 5. The number of pyridine rings is 1. The molecule has 0 spiro atoms. The Kier molecular flexibility index (Phi) is 3.97. The predicted molar refractivity (Wildman–Crippen MR) is 62.3 cm³/mol. The minimum Gasteiger partial charge on any atom is -0.368 e. The molecule has 1 aromatic heterocycles. The molecule has 1 rings (SSSR count). The summed E-state index contributed by atoms with van der Waals surface area (Å²) < 4.78 is 0. The molecule has 0 unspecified atom stereocenters. The summed E-state index contributed by atoms with van der Waals surface area (Å²) in [6, 6.07) is 2.20. The van der Waals surface area contributed by atoms with Gasteiger partial charge in [-0.05, 0) is 12.0 Å². The highest BCUT2D eigenvalue weighted by Gasteiger charge is 2.19. The predicted octanol–water partition coefficient (Wildman–Crippen LogP) is 0.912. The minimum atomic E-state index is -0.552. The van der Waals surface area contributed by atoms with Crippen LogP contribution in [0.5, 0.6) is 0 Å². The molecule has 1 aromatic rings. The summed E-state index contributed by atoms with van der Waals surface area (Å²) in [5.74, 6) is -0.0993. The first-order valence-corrected chi connectivity index (χ1v) is 5.08. The lowest BCUT2D eigenvalue weighted by molar-refractivity contribution is -0.385. The van der Waals surface area contributed by atoms with Crippen LogP contribution in [0.2, 0.25) is 0 Å². The van der Waals surface area contributed by atoms with Crippen molar-refractivity contribution in [3.05, 3.63) is 28.4 Å². The Morgan fingerprint density at radius 3 is 2.53 bits per heavy atom. The van der Waals surface area contributed by atoms with Gasteiger partial charge >= 0.3 is 0 Å². The molecule has 0 aliphatic carbocycles. The van der Waals surface area contributed by atoms with Gasteiger partial charge in [-0.2, -0.15) is 0 Å². The van der Waals surface area contributed by atoms with E-state index in [0.717, 1.165) is 6.20 Å². The average Bonchev–Trinajstić information content (AvgIpc) is 2.25.